The van der Waals surface area contributed by atoms with Crippen molar-refractivity contribution in [3.8, 4) is 0 Å². The zero-order valence-corrected chi connectivity index (χ0v) is 11.1. The fourth-order valence-corrected chi connectivity index (χ4v) is 2.02. The summed E-state index contributed by atoms with van der Waals surface area (Å²) in [4.78, 5) is 0. The summed E-state index contributed by atoms with van der Waals surface area (Å²) in [6.45, 7) is 9.87. The molecule has 1 rings (SSSR count). The SMILES string of the molecule is CCCn1nncc1C(NC)C(C)(C)CC. The number of nitrogens with one attached hydrogen (secondary N) is 1. The van der Waals surface area contributed by atoms with Gasteiger partial charge in [-0.05, 0) is 25.3 Å². The summed E-state index contributed by atoms with van der Waals surface area (Å²) in [6, 6.07) is 0.305. The van der Waals surface area contributed by atoms with Gasteiger partial charge in [-0.25, -0.2) is 4.68 Å². The minimum atomic E-state index is 0.210. The van der Waals surface area contributed by atoms with Crippen LogP contribution in [-0.4, -0.2) is 22.0 Å². The topological polar surface area (TPSA) is 42.7 Å². The second-order valence-electron chi connectivity index (χ2n) is 4.95. The zero-order chi connectivity index (χ0) is 12.2. The third kappa shape index (κ3) is 2.61. The van der Waals surface area contributed by atoms with E-state index in [1.807, 2.05) is 17.9 Å². The lowest BCUT2D eigenvalue weighted by Crippen LogP contribution is -2.33. The second kappa shape index (κ2) is 5.43. The predicted molar refractivity (Wildman–Crippen MR) is 66.2 cm³/mol. The molecule has 1 heterocycles. The maximum absolute atomic E-state index is 4.15. The second-order valence-corrected chi connectivity index (χ2v) is 4.95. The smallest absolute Gasteiger partial charge is 0.0761 e. The van der Waals surface area contributed by atoms with Crippen LogP contribution in [0.4, 0.5) is 0 Å². The summed E-state index contributed by atoms with van der Waals surface area (Å²) in [5, 5.41) is 11.6. The van der Waals surface area contributed by atoms with Crippen molar-refractivity contribution in [1.82, 2.24) is 20.3 Å². The van der Waals surface area contributed by atoms with Gasteiger partial charge in [-0.15, -0.1) is 5.10 Å². The highest BCUT2D eigenvalue weighted by Gasteiger charge is 2.30. The highest BCUT2D eigenvalue weighted by Crippen LogP contribution is 2.35. The molecule has 0 aliphatic rings. The highest BCUT2D eigenvalue weighted by atomic mass is 15.4. The Morgan fingerprint density at radius 2 is 2.12 bits per heavy atom. The summed E-state index contributed by atoms with van der Waals surface area (Å²) in [7, 11) is 2.01. The molecule has 0 fully saturated rings. The maximum atomic E-state index is 4.15. The molecule has 0 bridgehead atoms. The lowest BCUT2D eigenvalue weighted by molar-refractivity contribution is 0.233. The average Bonchev–Trinajstić information content (AvgIpc) is 2.68. The van der Waals surface area contributed by atoms with E-state index >= 15 is 0 Å². The number of aromatic nitrogens is 3. The van der Waals surface area contributed by atoms with Gasteiger partial charge in [0.2, 0.25) is 0 Å². The molecule has 1 aromatic heterocycles. The van der Waals surface area contributed by atoms with Crippen molar-refractivity contribution in [3.05, 3.63) is 11.9 Å². The largest absolute Gasteiger partial charge is 0.311 e. The summed E-state index contributed by atoms with van der Waals surface area (Å²) in [6.07, 6.45) is 4.09. The van der Waals surface area contributed by atoms with Gasteiger partial charge in [-0.2, -0.15) is 0 Å². The van der Waals surface area contributed by atoms with E-state index < -0.39 is 0 Å². The summed E-state index contributed by atoms with van der Waals surface area (Å²) >= 11 is 0. The van der Waals surface area contributed by atoms with Crippen molar-refractivity contribution in [1.29, 1.82) is 0 Å². The minimum absolute atomic E-state index is 0.210. The first-order valence-electron chi connectivity index (χ1n) is 6.12. The van der Waals surface area contributed by atoms with Crippen LogP contribution < -0.4 is 5.32 Å². The van der Waals surface area contributed by atoms with Gasteiger partial charge in [0.1, 0.15) is 0 Å². The van der Waals surface area contributed by atoms with Crippen molar-refractivity contribution in [2.75, 3.05) is 7.05 Å². The molecule has 0 radical (unpaired) electrons. The Morgan fingerprint density at radius 3 is 2.62 bits per heavy atom. The molecule has 0 spiro atoms. The third-order valence-corrected chi connectivity index (χ3v) is 3.36. The summed E-state index contributed by atoms with van der Waals surface area (Å²) < 4.78 is 2.01. The quantitative estimate of drug-likeness (QED) is 0.806. The molecule has 1 aromatic rings. The van der Waals surface area contributed by atoms with Crippen molar-refractivity contribution in [2.45, 2.75) is 53.1 Å². The lowest BCUT2D eigenvalue weighted by atomic mass is 9.80. The van der Waals surface area contributed by atoms with Gasteiger partial charge >= 0.3 is 0 Å². The number of hydrogen-bond donors (Lipinski definition) is 1. The van der Waals surface area contributed by atoms with Crippen LogP contribution in [0.1, 0.15) is 52.3 Å². The maximum Gasteiger partial charge on any atom is 0.0761 e. The Bertz CT molecular complexity index is 317. The van der Waals surface area contributed by atoms with Crippen molar-refractivity contribution in [3.63, 3.8) is 0 Å². The molecule has 92 valence electrons. The van der Waals surface area contributed by atoms with Crippen LogP contribution in [0, 0.1) is 5.41 Å². The molecule has 0 amide bonds. The van der Waals surface area contributed by atoms with Crippen molar-refractivity contribution >= 4 is 0 Å². The first kappa shape index (κ1) is 13.2. The molecule has 0 aliphatic heterocycles. The Balaban J connectivity index is 2.99. The summed E-state index contributed by atoms with van der Waals surface area (Å²) in [5.41, 5.74) is 1.40. The van der Waals surface area contributed by atoms with E-state index in [9.17, 15) is 0 Å². The van der Waals surface area contributed by atoms with Gasteiger partial charge < -0.3 is 5.32 Å². The predicted octanol–water partition coefficient (Wildman–Crippen LogP) is 2.38. The number of nitrogens with zero attached hydrogens (tertiary/aromatic N) is 3. The van der Waals surface area contributed by atoms with E-state index in [0.717, 1.165) is 19.4 Å². The van der Waals surface area contributed by atoms with Gasteiger partial charge in [0.05, 0.1) is 17.9 Å². The van der Waals surface area contributed by atoms with E-state index in [1.165, 1.54) is 5.69 Å². The van der Waals surface area contributed by atoms with E-state index in [1.54, 1.807) is 0 Å². The third-order valence-electron chi connectivity index (χ3n) is 3.36. The van der Waals surface area contributed by atoms with E-state index in [0.29, 0.717) is 6.04 Å². The first-order chi connectivity index (χ1) is 7.56. The fourth-order valence-electron chi connectivity index (χ4n) is 2.02. The fraction of sp³-hybridized carbons (Fsp3) is 0.833. The normalized spacial score (nSPS) is 14.1. The van der Waals surface area contributed by atoms with Gasteiger partial charge in [0, 0.05) is 6.54 Å². The molecule has 0 aromatic carbocycles. The van der Waals surface area contributed by atoms with Gasteiger partial charge in [-0.1, -0.05) is 32.9 Å². The van der Waals surface area contributed by atoms with Gasteiger partial charge in [-0.3, -0.25) is 0 Å². The first-order valence-corrected chi connectivity index (χ1v) is 6.12. The van der Waals surface area contributed by atoms with Gasteiger partial charge in [0.25, 0.3) is 0 Å². The number of rotatable bonds is 6. The molecular weight excluding hydrogens is 200 g/mol. The molecule has 1 atom stereocenters. The molecule has 4 nitrogen and oxygen atoms in total. The molecule has 4 heteroatoms. The summed E-state index contributed by atoms with van der Waals surface area (Å²) in [5.74, 6) is 0. The van der Waals surface area contributed by atoms with E-state index in [2.05, 4.69) is 43.3 Å². The van der Waals surface area contributed by atoms with Crippen molar-refractivity contribution in [2.24, 2.45) is 5.41 Å². The number of hydrogen-bond acceptors (Lipinski definition) is 3. The van der Waals surface area contributed by atoms with Crippen LogP contribution in [0.25, 0.3) is 0 Å². The molecule has 0 saturated carbocycles. The number of aryl methyl sites for hydroxylation is 1. The Hall–Kier alpha value is -0.900. The lowest BCUT2D eigenvalue weighted by Gasteiger charge is -2.33. The molecule has 16 heavy (non-hydrogen) atoms. The average molecular weight is 224 g/mol. The standard InChI is InChI=1S/C12H24N4/c1-6-8-16-10(9-14-15-16)11(13-5)12(3,4)7-2/h9,11,13H,6-8H2,1-5H3. The molecule has 1 N–H and O–H groups in total. The van der Waals surface area contributed by atoms with E-state index in [4.69, 9.17) is 0 Å². The molecule has 0 aliphatic carbocycles. The van der Waals surface area contributed by atoms with Crippen LogP contribution in [0.3, 0.4) is 0 Å². The monoisotopic (exact) mass is 224 g/mol. The molecular formula is C12H24N4. The van der Waals surface area contributed by atoms with Crippen molar-refractivity contribution < 1.29 is 0 Å². The van der Waals surface area contributed by atoms with Crippen LogP contribution >= 0.6 is 0 Å². The van der Waals surface area contributed by atoms with E-state index in [-0.39, 0.29) is 5.41 Å². The van der Waals surface area contributed by atoms with Crippen LogP contribution in [0.5, 0.6) is 0 Å². The Morgan fingerprint density at radius 1 is 1.44 bits per heavy atom. The minimum Gasteiger partial charge on any atom is -0.311 e. The molecule has 1 unspecified atom stereocenters. The van der Waals surface area contributed by atoms with Crippen LogP contribution in [0.2, 0.25) is 0 Å². The Kier molecular flexibility index (Phi) is 4.47. The highest BCUT2D eigenvalue weighted by molar-refractivity contribution is 5.06. The molecule has 0 saturated heterocycles. The van der Waals surface area contributed by atoms with Gasteiger partial charge in [0.15, 0.2) is 0 Å². The zero-order valence-electron chi connectivity index (χ0n) is 11.1. The van der Waals surface area contributed by atoms with Crippen LogP contribution in [-0.2, 0) is 6.54 Å². The Labute approximate surface area is 98.4 Å². The van der Waals surface area contributed by atoms with Crippen LogP contribution in [0.15, 0.2) is 6.20 Å².